The molecular formula is C28H28F3NO4S. The monoisotopic (exact) mass is 531 g/mol. The van der Waals surface area contributed by atoms with Crippen molar-refractivity contribution >= 4 is 30.3 Å². The summed E-state index contributed by atoms with van der Waals surface area (Å²) in [7, 11) is 0. The Bertz CT molecular complexity index is 1180. The highest BCUT2D eigenvalue weighted by Gasteiger charge is 2.32. The molecule has 1 amide bonds. The molecule has 0 atom stereocenters. The van der Waals surface area contributed by atoms with Crippen molar-refractivity contribution in [1.82, 2.24) is 0 Å². The molecule has 3 rings (SSSR count). The Morgan fingerprint density at radius 2 is 1.65 bits per heavy atom. The first-order valence-corrected chi connectivity index (χ1v) is 12.2. The number of ether oxygens (including phenoxy) is 3. The zero-order valence-electron chi connectivity index (χ0n) is 20.3. The van der Waals surface area contributed by atoms with Gasteiger partial charge in [0.05, 0.1) is 6.61 Å². The first kappa shape index (κ1) is 28.1. The van der Waals surface area contributed by atoms with Gasteiger partial charge in [0.1, 0.15) is 18.1 Å². The minimum absolute atomic E-state index is 0.0974. The van der Waals surface area contributed by atoms with Gasteiger partial charge in [0.2, 0.25) is 5.91 Å². The van der Waals surface area contributed by atoms with Crippen molar-refractivity contribution in [2.75, 3.05) is 25.1 Å². The van der Waals surface area contributed by atoms with Crippen molar-refractivity contribution in [3.63, 3.8) is 0 Å². The molecule has 0 bridgehead atoms. The summed E-state index contributed by atoms with van der Waals surface area (Å²) in [5.41, 5.74) is 2.03. The lowest BCUT2D eigenvalue weighted by atomic mass is 10.0. The van der Waals surface area contributed by atoms with Gasteiger partial charge in [-0.1, -0.05) is 31.5 Å². The molecule has 0 aliphatic carbocycles. The molecular weight excluding hydrogens is 503 g/mol. The molecule has 1 N–H and O–H groups in total. The number of hydrogen-bond donors (Lipinski definition) is 2. The van der Waals surface area contributed by atoms with Gasteiger partial charge in [0.15, 0.2) is 0 Å². The fraction of sp³-hybridized carbons (Fsp3) is 0.250. The molecule has 3 aromatic rings. The molecule has 0 aliphatic rings. The summed E-state index contributed by atoms with van der Waals surface area (Å²) in [6.45, 7) is 3.71. The van der Waals surface area contributed by atoms with Crippen LogP contribution in [0.15, 0.2) is 77.7 Å². The number of amides is 1. The Kier molecular flexibility index (Phi) is 10.5. The Morgan fingerprint density at radius 1 is 0.946 bits per heavy atom. The quantitative estimate of drug-likeness (QED) is 0.145. The van der Waals surface area contributed by atoms with Crippen molar-refractivity contribution in [3.8, 4) is 22.6 Å². The molecule has 0 heterocycles. The predicted octanol–water partition coefficient (Wildman–Crippen LogP) is 7.39. The van der Waals surface area contributed by atoms with Crippen LogP contribution in [-0.4, -0.2) is 32.1 Å². The topological polar surface area (TPSA) is 56.8 Å². The van der Waals surface area contributed by atoms with E-state index in [1.54, 1.807) is 48.5 Å². The van der Waals surface area contributed by atoms with E-state index >= 15 is 0 Å². The normalized spacial score (nSPS) is 11.5. The maximum Gasteiger partial charge on any atom is 0.573 e. The predicted molar refractivity (Wildman–Crippen MR) is 141 cm³/mol. The molecule has 9 heteroatoms. The lowest BCUT2D eigenvalue weighted by Gasteiger charge is -2.13. The smallest absolute Gasteiger partial charge is 0.491 e. The summed E-state index contributed by atoms with van der Waals surface area (Å²) in [5, 5.41) is 2.64. The largest absolute Gasteiger partial charge is 0.573 e. The van der Waals surface area contributed by atoms with Crippen LogP contribution in [0.25, 0.3) is 17.2 Å². The van der Waals surface area contributed by atoms with Crippen LogP contribution in [0.1, 0.15) is 25.3 Å². The first-order chi connectivity index (χ1) is 17.7. The molecule has 0 aliphatic heterocycles. The van der Waals surface area contributed by atoms with Crippen LogP contribution in [0.4, 0.5) is 18.9 Å². The number of rotatable bonds is 12. The Labute approximate surface area is 219 Å². The van der Waals surface area contributed by atoms with Gasteiger partial charge in [-0.2, -0.15) is 0 Å². The number of anilines is 1. The molecule has 0 radical (unpaired) electrons. The number of nitrogens with one attached hydrogen (secondary N) is 1. The second kappa shape index (κ2) is 13.8. The van der Waals surface area contributed by atoms with Crippen LogP contribution in [-0.2, 0) is 9.53 Å². The molecule has 196 valence electrons. The Hall–Kier alpha value is -3.43. The van der Waals surface area contributed by atoms with E-state index in [-0.39, 0.29) is 5.56 Å². The third kappa shape index (κ3) is 9.86. The van der Waals surface area contributed by atoms with Crippen molar-refractivity contribution in [2.45, 2.75) is 31.0 Å². The van der Waals surface area contributed by atoms with Gasteiger partial charge in [-0.15, -0.1) is 25.8 Å². The lowest BCUT2D eigenvalue weighted by Crippen LogP contribution is -2.17. The number of halogens is 3. The van der Waals surface area contributed by atoms with E-state index in [4.69, 9.17) is 9.47 Å². The second-order valence-electron chi connectivity index (χ2n) is 8.01. The Balaban J connectivity index is 1.72. The van der Waals surface area contributed by atoms with Gasteiger partial charge in [-0.05, 0) is 72.2 Å². The number of unbranched alkanes of at least 4 members (excludes halogenated alkanes) is 1. The number of thiol groups is 1. The standard InChI is InChI=1S/C28H28F3NO4S/c1-2-3-16-34-17-18-35-24-10-4-20(5-11-24)21-6-14-26(36-28(29,30)31)22(19-21)7-15-27(33)32-23-8-12-25(37)13-9-23/h4-15,19,37H,2-3,16-18H2,1H3,(H,32,33)/b15-7+. The van der Waals surface area contributed by atoms with E-state index in [0.717, 1.165) is 29.4 Å². The molecule has 0 saturated heterocycles. The summed E-state index contributed by atoms with van der Waals surface area (Å²) in [5.74, 6) is -0.263. The molecule has 0 fully saturated rings. The van der Waals surface area contributed by atoms with Crippen LogP contribution in [0.3, 0.4) is 0 Å². The average molecular weight is 532 g/mol. The highest BCUT2D eigenvalue weighted by molar-refractivity contribution is 7.80. The molecule has 0 aromatic heterocycles. The van der Waals surface area contributed by atoms with E-state index in [2.05, 4.69) is 29.6 Å². The van der Waals surface area contributed by atoms with Crippen molar-refractivity contribution < 1.29 is 32.2 Å². The summed E-state index contributed by atoms with van der Waals surface area (Å²) in [4.78, 5) is 13.0. The highest BCUT2D eigenvalue weighted by atomic mass is 32.1. The van der Waals surface area contributed by atoms with E-state index < -0.39 is 18.0 Å². The molecule has 37 heavy (non-hydrogen) atoms. The molecule has 0 spiro atoms. The van der Waals surface area contributed by atoms with Gasteiger partial charge < -0.3 is 19.5 Å². The van der Waals surface area contributed by atoms with Gasteiger partial charge in [0, 0.05) is 28.8 Å². The molecule has 0 saturated carbocycles. The van der Waals surface area contributed by atoms with Crippen LogP contribution >= 0.6 is 12.6 Å². The van der Waals surface area contributed by atoms with Crippen molar-refractivity contribution in [1.29, 1.82) is 0 Å². The van der Waals surface area contributed by atoms with Gasteiger partial charge in [0.25, 0.3) is 0 Å². The fourth-order valence-corrected chi connectivity index (χ4v) is 3.43. The summed E-state index contributed by atoms with van der Waals surface area (Å²) in [6.07, 6.45) is -0.366. The summed E-state index contributed by atoms with van der Waals surface area (Å²) >= 11 is 4.19. The van der Waals surface area contributed by atoms with Crippen molar-refractivity contribution in [2.24, 2.45) is 0 Å². The van der Waals surface area contributed by atoms with Crippen LogP contribution in [0.5, 0.6) is 11.5 Å². The summed E-state index contributed by atoms with van der Waals surface area (Å²) in [6, 6.07) is 18.2. The molecule has 0 unspecified atom stereocenters. The number of carbonyl (C=O) groups is 1. The third-order valence-corrected chi connectivity index (χ3v) is 5.41. The van der Waals surface area contributed by atoms with Crippen LogP contribution < -0.4 is 14.8 Å². The van der Waals surface area contributed by atoms with Crippen LogP contribution in [0, 0.1) is 0 Å². The van der Waals surface area contributed by atoms with E-state index in [9.17, 15) is 18.0 Å². The number of benzene rings is 3. The van der Waals surface area contributed by atoms with E-state index in [1.807, 2.05) is 0 Å². The molecule has 3 aromatic carbocycles. The van der Waals surface area contributed by atoms with Gasteiger partial charge >= 0.3 is 6.36 Å². The lowest BCUT2D eigenvalue weighted by molar-refractivity contribution is -0.274. The second-order valence-corrected chi connectivity index (χ2v) is 8.53. The van der Waals surface area contributed by atoms with E-state index in [0.29, 0.717) is 36.8 Å². The fourth-order valence-electron chi connectivity index (χ4n) is 3.28. The van der Waals surface area contributed by atoms with Crippen LogP contribution in [0.2, 0.25) is 0 Å². The number of alkyl halides is 3. The summed E-state index contributed by atoms with van der Waals surface area (Å²) < 4.78 is 54.1. The number of carbonyl (C=O) groups excluding carboxylic acids is 1. The third-order valence-electron chi connectivity index (χ3n) is 5.11. The zero-order chi connectivity index (χ0) is 26.7. The Morgan fingerprint density at radius 3 is 2.32 bits per heavy atom. The minimum Gasteiger partial charge on any atom is -0.491 e. The molecule has 5 nitrogen and oxygen atoms in total. The number of hydrogen-bond acceptors (Lipinski definition) is 5. The van der Waals surface area contributed by atoms with Crippen molar-refractivity contribution in [3.05, 3.63) is 78.4 Å². The minimum atomic E-state index is -4.87. The van der Waals surface area contributed by atoms with Gasteiger partial charge in [-0.25, -0.2) is 0 Å². The average Bonchev–Trinajstić information content (AvgIpc) is 2.86. The SMILES string of the molecule is CCCCOCCOc1ccc(-c2ccc(OC(F)(F)F)c(/C=C/C(=O)Nc3ccc(S)cc3)c2)cc1. The highest BCUT2D eigenvalue weighted by Crippen LogP contribution is 2.32. The van der Waals surface area contributed by atoms with Gasteiger partial charge in [-0.3, -0.25) is 4.79 Å². The van der Waals surface area contributed by atoms with E-state index in [1.165, 1.54) is 24.3 Å². The zero-order valence-corrected chi connectivity index (χ0v) is 21.1. The maximum atomic E-state index is 12.9. The maximum absolute atomic E-state index is 12.9. The first-order valence-electron chi connectivity index (χ1n) is 11.7.